The van der Waals surface area contributed by atoms with Crippen LogP contribution in [0.1, 0.15) is 43.4 Å². The van der Waals surface area contributed by atoms with Crippen molar-refractivity contribution in [2.24, 2.45) is 0 Å². The molecule has 0 spiro atoms. The van der Waals surface area contributed by atoms with Gasteiger partial charge in [-0.2, -0.15) is 4.31 Å². The molecule has 2 aromatic rings. The van der Waals surface area contributed by atoms with Gasteiger partial charge >= 0.3 is 0 Å². The van der Waals surface area contributed by atoms with Gasteiger partial charge in [-0.1, -0.05) is 0 Å². The average Bonchev–Trinajstić information content (AvgIpc) is 3.28. The molecule has 182 valence electrons. The lowest BCUT2D eigenvalue weighted by Gasteiger charge is -2.35. The smallest absolute Gasteiger partial charge is 0.243 e. The van der Waals surface area contributed by atoms with Crippen LogP contribution in [0.2, 0.25) is 0 Å². The first-order chi connectivity index (χ1) is 16.4. The quantitative estimate of drug-likeness (QED) is 0.700. The molecule has 0 aliphatic carbocycles. The SMILES string of the molecule is C[C@@H]1c2cc3c(cc2CCN1CC(=O)Nc1ccc(S(=O)(=O)N2CCCC2)cc1)OCCCO3. The number of hydrogen-bond donors (Lipinski definition) is 1. The highest BCUT2D eigenvalue weighted by Gasteiger charge is 2.29. The van der Waals surface area contributed by atoms with Gasteiger partial charge in [0.05, 0.1) is 24.7 Å². The Morgan fingerprint density at radius 3 is 2.38 bits per heavy atom. The van der Waals surface area contributed by atoms with E-state index >= 15 is 0 Å². The number of nitrogens with one attached hydrogen (secondary N) is 1. The summed E-state index contributed by atoms with van der Waals surface area (Å²) in [6.07, 6.45) is 3.51. The van der Waals surface area contributed by atoms with Crippen LogP contribution < -0.4 is 14.8 Å². The minimum Gasteiger partial charge on any atom is -0.490 e. The number of rotatable bonds is 5. The molecule has 3 heterocycles. The van der Waals surface area contributed by atoms with Crippen molar-refractivity contribution in [1.82, 2.24) is 9.21 Å². The lowest BCUT2D eigenvalue weighted by Crippen LogP contribution is -2.39. The maximum absolute atomic E-state index is 12.8. The van der Waals surface area contributed by atoms with Crippen LogP contribution in [0.15, 0.2) is 41.3 Å². The van der Waals surface area contributed by atoms with Gasteiger partial charge in [0.25, 0.3) is 0 Å². The predicted octanol–water partition coefficient (Wildman–Crippen LogP) is 3.19. The molecular weight excluding hydrogens is 454 g/mol. The number of carbonyl (C=O) groups is 1. The Morgan fingerprint density at radius 2 is 1.68 bits per heavy atom. The Kier molecular flexibility index (Phi) is 6.50. The molecule has 2 aromatic carbocycles. The number of nitrogens with zero attached hydrogens (tertiary/aromatic N) is 2. The second-order valence-corrected chi connectivity index (χ2v) is 11.1. The van der Waals surface area contributed by atoms with E-state index in [2.05, 4.69) is 29.3 Å². The van der Waals surface area contributed by atoms with Crippen LogP contribution >= 0.6 is 0 Å². The zero-order valence-electron chi connectivity index (χ0n) is 19.5. The van der Waals surface area contributed by atoms with Crippen molar-refractivity contribution in [3.63, 3.8) is 0 Å². The van der Waals surface area contributed by atoms with Crippen LogP contribution in [0, 0.1) is 0 Å². The third-order valence-corrected chi connectivity index (χ3v) is 8.78. The van der Waals surface area contributed by atoms with Gasteiger partial charge in [0, 0.05) is 37.8 Å². The van der Waals surface area contributed by atoms with Crippen molar-refractivity contribution in [2.75, 3.05) is 44.7 Å². The minimum absolute atomic E-state index is 0.0691. The highest BCUT2D eigenvalue weighted by molar-refractivity contribution is 7.89. The standard InChI is InChI=1S/C25H31N3O5S/c1-18-22-16-24-23(32-13-4-14-33-24)15-19(22)9-12-27(18)17-25(29)26-20-5-7-21(8-6-20)34(30,31)28-10-2-3-11-28/h5-8,15-16,18H,2-4,9-14,17H2,1H3,(H,26,29)/t18-/m1/s1. The average molecular weight is 486 g/mol. The number of amides is 1. The summed E-state index contributed by atoms with van der Waals surface area (Å²) in [5.74, 6) is 1.46. The number of benzene rings is 2. The molecule has 8 nitrogen and oxygen atoms in total. The third-order valence-electron chi connectivity index (χ3n) is 6.86. The molecule has 1 saturated heterocycles. The summed E-state index contributed by atoms with van der Waals surface area (Å²) in [4.78, 5) is 15.2. The zero-order chi connectivity index (χ0) is 23.7. The monoisotopic (exact) mass is 485 g/mol. The Balaban J connectivity index is 1.23. The molecular formula is C25H31N3O5S. The van der Waals surface area contributed by atoms with Crippen LogP contribution in [0.3, 0.4) is 0 Å². The summed E-state index contributed by atoms with van der Waals surface area (Å²) in [5, 5.41) is 2.91. The van der Waals surface area contributed by atoms with E-state index in [9.17, 15) is 13.2 Å². The zero-order valence-corrected chi connectivity index (χ0v) is 20.3. The van der Waals surface area contributed by atoms with Gasteiger partial charge in [-0.25, -0.2) is 8.42 Å². The van der Waals surface area contributed by atoms with E-state index in [-0.39, 0.29) is 23.4 Å². The van der Waals surface area contributed by atoms with Crippen molar-refractivity contribution in [3.05, 3.63) is 47.5 Å². The molecule has 3 aliphatic heterocycles. The summed E-state index contributed by atoms with van der Waals surface area (Å²) in [6.45, 7) is 5.58. The molecule has 1 atom stereocenters. The molecule has 1 fully saturated rings. The van der Waals surface area contributed by atoms with Gasteiger partial charge in [0.2, 0.25) is 15.9 Å². The van der Waals surface area contributed by atoms with E-state index < -0.39 is 10.0 Å². The minimum atomic E-state index is -3.46. The molecule has 3 aliphatic rings. The van der Waals surface area contributed by atoms with Gasteiger partial charge in [-0.05, 0) is 73.7 Å². The number of ether oxygens (including phenoxy) is 2. The maximum atomic E-state index is 12.8. The van der Waals surface area contributed by atoms with Gasteiger partial charge in [0.15, 0.2) is 11.5 Å². The molecule has 9 heteroatoms. The highest BCUT2D eigenvalue weighted by atomic mass is 32.2. The van der Waals surface area contributed by atoms with E-state index in [4.69, 9.17) is 9.47 Å². The molecule has 0 saturated carbocycles. The third kappa shape index (κ3) is 4.64. The largest absolute Gasteiger partial charge is 0.490 e. The Bertz CT molecular complexity index is 1160. The number of fused-ring (bicyclic) bond motifs is 2. The fraction of sp³-hybridized carbons (Fsp3) is 0.480. The number of sulfonamides is 1. The van der Waals surface area contributed by atoms with E-state index in [0.717, 1.165) is 43.7 Å². The van der Waals surface area contributed by atoms with Crippen LogP contribution in [-0.4, -0.2) is 62.9 Å². The second-order valence-electron chi connectivity index (χ2n) is 9.13. The number of carbonyl (C=O) groups excluding carboxylic acids is 1. The van der Waals surface area contributed by atoms with Crippen molar-refractivity contribution >= 4 is 21.6 Å². The fourth-order valence-corrected chi connectivity index (χ4v) is 6.43. The summed E-state index contributed by atoms with van der Waals surface area (Å²) < 4.78 is 38.6. The number of hydrogen-bond acceptors (Lipinski definition) is 6. The fourth-order valence-electron chi connectivity index (χ4n) is 4.92. The first kappa shape index (κ1) is 23.1. The summed E-state index contributed by atoms with van der Waals surface area (Å²) in [7, 11) is -3.46. The van der Waals surface area contributed by atoms with Crippen LogP contribution in [0.5, 0.6) is 11.5 Å². The molecule has 1 amide bonds. The van der Waals surface area contributed by atoms with Gasteiger partial charge in [-0.3, -0.25) is 9.69 Å². The van der Waals surface area contributed by atoms with E-state index in [1.165, 1.54) is 15.4 Å². The second kappa shape index (κ2) is 9.56. The topological polar surface area (TPSA) is 88.2 Å². The lowest BCUT2D eigenvalue weighted by atomic mass is 9.93. The molecule has 5 rings (SSSR count). The van der Waals surface area contributed by atoms with E-state index in [1.807, 2.05) is 0 Å². The van der Waals surface area contributed by atoms with Crippen molar-refractivity contribution in [2.45, 2.75) is 43.5 Å². The van der Waals surface area contributed by atoms with Crippen LogP contribution in [0.4, 0.5) is 5.69 Å². The molecule has 0 bridgehead atoms. The Labute approximate surface area is 200 Å². The normalized spacial score (nSPS) is 21.0. The first-order valence-electron chi connectivity index (χ1n) is 12.0. The van der Waals surface area contributed by atoms with Gasteiger partial charge < -0.3 is 14.8 Å². The van der Waals surface area contributed by atoms with E-state index in [1.54, 1.807) is 24.3 Å². The van der Waals surface area contributed by atoms with Gasteiger partial charge in [-0.15, -0.1) is 0 Å². The van der Waals surface area contributed by atoms with Crippen LogP contribution in [-0.2, 0) is 21.2 Å². The summed E-state index contributed by atoms with van der Waals surface area (Å²) in [6, 6.07) is 10.7. The molecule has 0 unspecified atom stereocenters. The molecule has 0 aromatic heterocycles. The van der Waals surface area contributed by atoms with Crippen molar-refractivity contribution in [1.29, 1.82) is 0 Å². The lowest BCUT2D eigenvalue weighted by molar-refractivity contribution is -0.117. The first-order valence-corrected chi connectivity index (χ1v) is 13.4. The predicted molar refractivity (Wildman–Crippen MR) is 129 cm³/mol. The molecule has 0 radical (unpaired) electrons. The molecule has 1 N–H and O–H groups in total. The summed E-state index contributed by atoms with van der Waals surface area (Å²) in [5.41, 5.74) is 2.99. The van der Waals surface area contributed by atoms with Gasteiger partial charge in [0.1, 0.15) is 0 Å². The maximum Gasteiger partial charge on any atom is 0.243 e. The highest BCUT2D eigenvalue weighted by Crippen LogP contribution is 2.39. The Hall–Kier alpha value is -2.62. The van der Waals surface area contributed by atoms with E-state index in [0.29, 0.717) is 32.0 Å². The van der Waals surface area contributed by atoms with Crippen molar-refractivity contribution < 1.29 is 22.7 Å². The summed E-state index contributed by atoms with van der Waals surface area (Å²) >= 11 is 0. The van der Waals surface area contributed by atoms with Crippen molar-refractivity contribution in [3.8, 4) is 11.5 Å². The Morgan fingerprint density at radius 1 is 1.00 bits per heavy atom. The number of anilines is 1. The molecule has 34 heavy (non-hydrogen) atoms. The van der Waals surface area contributed by atoms with Crippen LogP contribution in [0.25, 0.3) is 0 Å².